The fourth-order valence-corrected chi connectivity index (χ4v) is 2.48. The van der Waals surface area contributed by atoms with Crippen molar-refractivity contribution in [1.82, 2.24) is 4.98 Å². The molecule has 8 heteroatoms. The van der Waals surface area contributed by atoms with Crippen molar-refractivity contribution in [2.45, 2.75) is 6.18 Å². The molecule has 1 aromatic heterocycles. The molecule has 0 aliphatic carbocycles. The van der Waals surface area contributed by atoms with Gasteiger partial charge in [-0.05, 0) is 41.8 Å². The van der Waals surface area contributed by atoms with Crippen molar-refractivity contribution in [3.05, 3.63) is 59.2 Å². The number of fused-ring (bicyclic) bond motifs is 1. The van der Waals surface area contributed by atoms with Gasteiger partial charge in [0.2, 0.25) is 0 Å². The number of hydrogen-bond acceptors (Lipinski definition) is 1. The highest BCUT2D eigenvalue weighted by atomic mass is 35.5. The van der Waals surface area contributed by atoms with E-state index in [1.807, 2.05) is 12.1 Å². The van der Waals surface area contributed by atoms with Gasteiger partial charge in [-0.3, -0.25) is 0 Å². The van der Waals surface area contributed by atoms with Gasteiger partial charge in [-0.2, -0.15) is 13.2 Å². The summed E-state index contributed by atoms with van der Waals surface area (Å²) in [4.78, 5) is 15.0. The van der Waals surface area contributed by atoms with Gasteiger partial charge < -0.3 is 15.6 Å². The Hall–Kier alpha value is -2.67. The zero-order valence-electron chi connectivity index (χ0n) is 12.0. The molecule has 2 aromatic carbocycles. The number of aromatic amines is 1. The highest BCUT2D eigenvalue weighted by Crippen LogP contribution is 2.33. The molecule has 3 N–H and O–H groups in total. The molecule has 0 spiro atoms. The van der Waals surface area contributed by atoms with Crippen LogP contribution >= 0.6 is 11.6 Å². The van der Waals surface area contributed by atoms with Gasteiger partial charge in [0.25, 0.3) is 0 Å². The minimum Gasteiger partial charge on any atom is -0.361 e. The maximum Gasteiger partial charge on any atom is 0.416 e. The fourth-order valence-electron chi connectivity index (χ4n) is 2.24. The summed E-state index contributed by atoms with van der Waals surface area (Å²) in [6.07, 6.45) is -2.78. The summed E-state index contributed by atoms with van der Waals surface area (Å²) in [6.45, 7) is 0. The van der Waals surface area contributed by atoms with Crippen molar-refractivity contribution in [1.29, 1.82) is 0 Å². The maximum atomic E-state index is 12.8. The van der Waals surface area contributed by atoms with E-state index >= 15 is 0 Å². The Morgan fingerprint density at radius 1 is 1.00 bits per heavy atom. The second-order valence-corrected chi connectivity index (χ2v) is 5.52. The normalized spacial score (nSPS) is 11.5. The number of halogens is 4. The van der Waals surface area contributed by atoms with Crippen LogP contribution in [-0.4, -0.2) is 11.0 Å². The number of H-pyrrole nitrogens is 1. The predicted molar refractivity (Wildman–Crippen MR) is 87.4 cm³/mol. The highest BCUT2D eigenvalue weighted by molar-refractivity contribution is 6.31. The molecule has 0 atom stereocenters. The van der Waals surface area contributed by atoms with Crippen LogP contribution in [0, 0.1) is 0 Å². The molecule has 0 fully saturated rings. The zero-order valence-corrected chi connectivity index (χ0v) is 12.8. The molecule has 0 aliphatic heterocycles. The minimum atomic E-state index is -4.55. The second kappa shape index (κ2) is 6.09. The lowest BCUT2D eigenvalue weighted by Gasteiger charge is -2.12. The number of carbonyl (C=O) groups is 1. The number of aromatic nitrogens is 1. The van der Waals surface area contributed by atoms with Crippen molar-refractivity contribution in [3.8, 4) is 0 Å². The Labute approximate surface area is 139 Å². The smallest absolute Gasteiger partial charge is 0.361 e. The molecule has 2 amide bonds. The molecule has 3 aromatic rings. The summed E-state index contributed by atoms with van der Waals surface area (Å²) in [6, 6.07) is 9.28. The van der Waals surface area contributed by atoms with Crippen molar-refractivity contribution >= 4 is 39.9 Å². The molecule has 4 nitrogen and oxygen atoms in total. The Morgan fingerprint density at radius 3 is 2.50 bits per heavy atom. The van der Waals surface area contributed by atoms with Gasteiger partial charge in [0.05, 0.1) is 5.56 Å². The zero-order chi connectivity index (χ0) is 17.3. The van der Waals surface area contributed by atoms with Gasteiger partial charge in [-0.25, -0.2) is 4.79 Å². The minimum absolute atomic E-state index is 0.0479. The molecule has 0 saturated heterocycles. The number of rotatable bonds is 2. The van der Waals surface area contributed by atoms with Gasteiger partial charge in [-0.1, -0.05) is 17.7 Å². The summed E-state index contributed by atoms with van der Waals surface area (Å²) in [5.74, 6) is 0. The van der Waals surface area contributed by atoms with Crippen LogP contribution in [0.15, 0.2) is 48.7 Å². The van der Waals surface area contributed by atoms with E-state index in [-0.39, 0.29) is 10.7 Å². The third kappa shape index (κ3) is 3.62. The van der Waals surface area contributed by atoms with Crippen molar-refractivity contribution in [2.24, 2.45) is 0 Å². The van der Waals surface area contributed by atoms with Crippen LogP contribution in [0.2, 0.25) is 5.02 Å². The van der Waals surface area contributed by atoms with Crippen LogP contribution in [0.1, 0.15) is 5.56 Å². The van der Waals surface area contributed by atoms with Crippen molar-refractivity contribution < 1.29 is 18.0 Å². The van der Waals surface area contributed by atoms with Crippen molar-refractivity contribution in [2.75, 3.05) is 10.6 Å². The molecule has 1 heterocycles. The Morgan fingerprint density at radius 2 is 1.75 bits per heavy atom. The van der Waals surface area contributed by atoms with E-state index in [0.29, 0.717) is 5.69 Å². The highest BCUT2D eigenvalue weighted by Gasteiger charge is 2.31. The summed E-state index contributed by atoms with van der Waals surface area (Å²) < 4.78 is 38.3. The Balaban J connectivity index is 1.75. The molecule has 0 radical (unpaired) electrons. The number of nitrogens with one attached hydrogen (secondary N) is 3. The summed E-state index contributed by atoms with van der Waals surface area (Å²) in [5, 5.41) is 5.76. The van der Waals surface area contributed by atoms with Gasteiger partial charge in [0, 0.05) is 28.1 Å². The average molecular weight is 354 g/mol. The topological polar surface area (TPSA) is 56.9 Å². The van der Waals surface area contributed by atoms with Crippen LogP contribution in [0.25, 0.3) is 10.9 Å². The molecule has 0 saturated carbocycles. The molecule has 124 valence electrons. The van der Waals surface area contributed by atoms with E-state index in [1.54, 1.807) is 18.3 Å². The number of hydrogen-bond donors (Lipinski definition) is 3. The van der Waals surface area contributed by atoms with E-state index in [1.165, 1.54) is 6.07 Å². The first kappa shape index (κ1) is 16.2. The average Bonchev–Trinajstić information content (AvgIpc) is 2.93. The fraction of sp³-hybridized carbons (Fsp3) is 0.0625. The Kier molecular flexibility index (Phi) is 4.11. The quantitative estimate of drug-likeness (QED) is 0.561. The van der Waals surface area contributed by atoms with E-state index in [4.69, 9.17) is 11.6 Å². The SMILES string of the molecule is O=C(Nc1cc(Cl)cc(C(F)(F)F)c1)Nc1ccc2cc[nH]c2c1. The predicted octanol–water partition coefficient (Wildman–Crippen LogP) is 5.48. The number of carbonyl (C=O) groups excluding carboxylic acids is 1. The first-order valence-corrected chi connectivity index (χ1v) is 7.22. The number of anilines is 2. The lowest BCUT2D eigenvalue weighted by molar-refractivity contribution is -0.137. The number of amides is 2. The second-order valence-electron chi connectivity index (χ2n) is 5.09. The summed E-state index contributed by atoms with van der Waals surface area (Å²) in [7, 11) is 0. The standard InChI is InChI=1S/C16H11ClF3N3O/c17-11-5-10(16(18,19)20)6-13(7-11)23-15(24)22-12-2-1-9-3-4-21-14(9)8-12/h1-8,21H,(H2,22,23,24). The van der Waals surface area contributed by atoms with Crippen LogP contribution in [-0.2, 0) is 6.18 Å². The Bertz CT molecular complexity index is 905. The van der Waals surface area contributed by atoms with Crippen LogP contribution in [0.3, 0.4) is 0 Å². The third-order valence-electron chi connectivity index (χ3n) is 3.30. The lowest BCUT2D eigenvalue weighted by Crippen LogP contribution is -2.19. The molecule has 0 aliphatic rings. The van der Waals surface area contributed by atoms with Crippen molar-refractivity contribution in [3.63, 3.8) is 0 Å². The molecular weight excluding hydrogens is 343 g/mol. The van der Waals surface area contributed by atoms with E-state index < -0.39 is 17.8 Å². The first-order valence-electron chi connectivity index (χ1n) is 6.84. The van der Waals surface area contributed by atoms with Gasteiger partial charge in [-0.15, -0.1) is 0 Å². The van der Waals surface area contributed by atoms with E-state index in [2.05, 4.69) is 15.6 Å². The molecule has 0 bridgehead atoms. The van der Waals surface area contributed by atoms with Crippen LogP contribution in [0.5, 0.6) is 0 Å². The monoisotopic (exact) mass is 353 g/mol. The van der Waals surface area contributed by atoms with Gasteiger partial charge in [0.1, 0.15) is 0 Å². The van der Waals surface area contributed by atoms with Crippen LogP contribution < -0.4 is 10.6 Å². The van der Waals surface area contributed by atoms with Crippen LogP contribution in [0.4, 0.5) is 29.3 Å². The third-order valence-corrected chi connectivity index (χ3v) is 3.51. The maximum absolute atomic E-state index is 12.8. The van der Waals surface area contributed by atoms with Gasteiger partial charge in [0.15, 0.2) is 0 Å². The summed E-state index contributed by atoms with van der Waals surface area (Å²) in [5.41, 5.74) is 0.349. The molecule has 3 rings (SSSR count). The van der Waals surface area contributed by atoms with E-state index in [9.17, 15) is 18.0 Å². The first-order chi connectivity index (χ1) is 11.3. The number of benzene rings is 2. The molecular formula is C16H11ClF3N3O. The molecule has 24 heavy (non-hydrogen) atoms. The van der Waals surface area contributed by atoms with Gasteiger partial charge >= 0.3 is 12.2 Å². The number of urea groups is 1. The lowest BCUT2D eigenvalue weighted by atomic mass is 10.2. The number of alkyl halides is 3. The largest absolute Gasteiger partial charge is 0.416 e. The van der Waals surface area contributed by atoms with E-state index in [0.717, 1.165) is 23.0 Å². The molecule has 0 unspecified atom stereocenters. The summed E-state index contributed by atoms with van der Waals surface area (Å²) >= 11 is 5.68.